The van der Waals surface area contributed by atoms with E-state index in [4.69, 9.17) is 0 Å². The van der Waals surface area contributed by atoms with Gasteiger partial charge in [0.2, 0.25) is 6.41 Å². The average Bonchev–Trinajstić information content (AvgIpc) is 2.70. The van der Waals surface area contributed by atoms with Crippen molar-refractivity contribution in [3.63, 3.8) is 0 Å². The summed E-state index contributed by atoms with van der Waals surface area (Å²) in [5.74, 6) is -2.84. The Labute approximate surface area is 154 Å². The molecule has 2 aromatic carbocycles. The van der Waals surface area contributed by atoms with Crippen molar-refractivity contribution >= 4 is 23.9 Å². The highest BCUT2D eigenvalue weighted by molar-refractivity contribution is 6.06. The molecule has 3 rings (SSSR count). The van der Waals surface area contributed by atoms with Gasteiger partial charge in [-0.2, -0.15) is 0 Å². The van der Waals surface area contributed by atoms with Gasteiger partial charge < -0.3 is 15.1 Å². The van der Waals surface area contributed by atoms with Crippen LogP contribution in [0.5, 0.6) is 0 Å². The molecule has 6 nitrogen and oxygen atoms in total. The van der Waals surface area contributed by atoms with E-state index in [1.165, 1.54) is 18.2 Å². The molecule has 0 saturated carbocycles. The number of benzene rings is 2. The van der Waals surface area contributed by atoms with Crippen molar-refractivity contribution in [2.24, 2.45) is 0 Å². The molecule has 0 radical (unpaired) electrons. The summed E-state index contributed by atoms with van der Waals surface area (Å²) in [6, 6.07) is 9.20. The maximum atomic E-state index is 13.3. The van der Waals surface area contributed by atoms with Gasteiger partial charge in [-0.1, -0.05) is 6.07 Å². The molecule has 3 amide bonds. The highest BCUT2D eigenvalue weighted by Crippen LogP contribution is 2.16. The van der Waals surface area contributed by atoms with Crippen LogP contribution in [-0.4, -0.2) is 54.2 Å². The summed E-state index contributed by atoms with van der Waals surface area (Å²) < 4.78 is 26.2. The topological polar surface area (TPSA) is 69.7 Å². The van der Waals surface area contributed by atoms with E-state index in [1.54, 1.807) is 21.9 Å². The number of carbonyl (C=O) groups excluding carboxylic acids is 3. The molecule has 8 heteroatoms. The summed E-state index contributed by atoms with van der Waals surface area (Å²) in [5.41, 5.74) is 0.671. The summed E-state index contributed by atoms with van der Waals surface area (Å²) in [5, 5.41) is 2.47. The average molecular weight is 373 g/mol. The normalized spacial score (nSPS) is 14.0. The molecule has 1 heterocycles. The number of hydrogen-bond acceptors (Lipinski definition) is 3. The van der Waals surface area contributed by atoms with Gasteiger partial charge in [0.1, 0.15) is 0 Å². The fourth-order valence-electron chi connectivity index (χ4n) is 2.78. The fraction of sp³-hybridized carbons (Fsp3) is 0.211. The van der Waals surface area contributed by atoms with Crippen molar-refractivity contribution in [3.05, 3.63) is 65.2 Å². The van der Waals surface area contributed by atoms with Gasteiger partial charge in [-0.25, -0.2) is 8.78 Å². The van der Waals surface area contributed by atoms with E-state index in [0.29, 0.717) is 31.7 Å². The standard InChI is InChI=1S/C19H17F2N3O3/c20-16-5-4-15(11-17(16)21)22-18(26)13-2-1-3-14(10-13)19(27)24-8-6-23(12-25)7-9-24/h1-5,10-12H,6-9H2,(H,22,26). The molecule has 0 unspecified atom stereocenters. The third-order valence-electron chi connectivity index (χ3n) is 4.30. The highest BCUT2D eigenvalue weighted by atomic mass is 19.2. The van der Waals surface area contributed by atoms with E-state index in [0.717, 1.165) is 18.5 Å². The lowest BCUT2D eigenvalue weighted by molar-refractivity contribution is -0.119. The highest BCUT2D eigenvalue weighted by Gasteiger charge is 2.22. The Hall–Kier alpha value is -3.29. The number of hydrogen-bond donors (Lipinski definition) is 1. The van der Waals surface area contributed by atoms with E-state index >= 15 is 0 Å². The lowest BCUT2D eigenvalue weighted by Crippen LogP contribution is -2.48. The third-order valence-corrected chi connectivity index (χ3v) is 4.30. The zero-order valence-electron chi connectivity index (χ0n) is 14.3. The maximum absolute atomic E-state index is 13.3. The van der Waals surface area contributed by atoms with Gasteiger partial charge >= 0.3 is 0 Å². The first-order chi connectivity index (χ1) is 13.0. The second-order valence-electron chi connectivity index (χ2n) is 6.10. The summed E-state index contributed by atoms with van der Waals surface area (Å²) in [6.07, 6.45) is 0.755. The fourth-order valence-corrected chi connectivity index (χ4v) is 2.78. The Bertz CT molecular complexity index is 880. The number of piperazine rings is 1. The number of amides is 3. The minimum Gasteiger partial charge on any atom is -0.342 e. The van der Waals surface area contributed by atoms with Gasteiger partial charge in [-0.05, 0) is 30.3 Å². The Balaban J connectivity index is 1.71. The summed E-state index contributed by atoms with van der Waals surface area (Å²) in [6.45, 7) is 1.77. The molecule has 140 valence electrons. The first-order valence-electron chi connectivity index (χ1n) is 8.33. The predicted molar refractivity (Wildman–Crippen MR) is 94.3 cm³/mol. The quantitative estimate of drug-likeness (QED) is 0.835. The molecular formula is C19H17F2N3O3. The summed E-state index contributed by atoms with van der Waals surface area (Å²) in [7, 11) is 0. The Kier molecular flexibility index (Phi) is 5.44. The minimum absolute atomic E-state index is 0.112. The molecule has 1 N–H and O–H groups in total. The van der Waals surface area contributed by atoms with Crippen LogP contribution in [-0.2, 0) is 4.79 Å². The van der Waals surface area contributed by atoms with E-state index in [1.807, 2.05) is 0 Å². The van der Waals surface area contributed by atoms with Crippen LogP contribution in [0.3, 0.4) is 0 Å². The van der Waals surface area contributed by atoms with Crippen LogP contribution < -0.4 is 5.32 Å². The molecule has 1 saturated heterocycles. The number of anilines is 1. The van der Waals surface area contributed by atoms with Gasteiger partial charge in [0.05, 0.1) is 0 Å². The first-order valence-corrected chi connectivity index (χ1v) is 8.33. The van der Waals surface area contributed by atoms with Crippen LogP contribution in [0.25, 0.3) is 0 Å². The van der Waals surface area contributed by atoms with Crippen molar-refractivity contribution in [1.82, 2.24) is 9.80 Å². The second-order valence-corrected chi connectivity index (χ2v) is 6.10. The molecule has 0 bridgehead atoms. The van der Waals surface area contributed by atoms with Gasteiger partial charge in [0.15, 0.2) is 11.6 Å². The van der Waals surface area contributed by atoms with Gasteiger partial charge in [0.25, 0.3) is 11.8 Å². The maximum Gasteiger partial charge on any atom is 0.255 e. The molecule has 1 aliphatic rings. The molecule has 0 aliphatic carbocycles. The van der Waals surface area contributed by atoms with Crippen LogP contribution in [0.1, 0.15) is 20.7 Å². The van der Waals surface area contributed by atoms with Crippen molar-refractivity contribution in [2.75, 3.05) is 31.5 Å². The summed E-state index contributed by atoms with van der Waals surface area (Å²) in [4.78, 5) is 38.9. The smallest absolute Gasteiger partial charge is 0.255 e. The van der Waals surface area contributed by atoms with Gasteiger partial charge in [0, 0.05) is 49.1 Å². The Morgan fingerprint density at radius 2 is 1.63 bits per heavy atom. The Morgan fingerprint density at radius 1 is 0.926 bits per heavy atom. The molecule has 0 atom stereocenters. The minimum atomic E-state index is -1.06. The van der Waals surface area contributed by atoms with Gasteiger partial charge in [-0.15, -0.1) is 0 Å². The predicted octanol–water partition coefficient (Wildman–Crippen LogP) is 2.13. The number of nitrogens with one attached hydrogen (secondary N) is 1. The molecular weight excluding hydrogens is 356 g/mol. The van der Waals surface area contributed by atoms with Crippen LogP contribution in [0, 0.1) is 11.6 Å². The lowest BCUT2D eigenvalue weighted by Gasteiger charge is -2.32. The number of rotatable bonds is 4. The molecule has 0 spiro atoms. The zero-order valence-corrected chi connectivity index (χ0v) is 14.3. The zero-order chi connectivity index (χ0) is 19.4. The largest absolute Gasteiger partial charge is 0.342 e. The lowest BCUT2D eigenvalue weighted by atomic mass is 10.1. The number of halogens is 2. The molecule has 1 aliphatic heterocycles. The second kappa shape index (κ2) is 7.94. The summed E-state index contributed by atoms with van der Waals surface area (Å²) >= 11 is 0. The van der Waals surface area contributed by atoms with E-state index in [-0.39, 0.29) is 17.2 Å². The molecule has 2 aromatic rings. The van der Waals surface area contributed by atoms with Crippen LogP contribution in [0.4, 0.5) is 14.5 Å². The van der Waals surface area contributed by atoms with Crippen LogP contribution >= 0.6 is 0 Å². The SMILES string of the molecule is O=CN1CCN(C(=O)c2cccc(C(=O)Nc3ccc(F)c(F)c3)c2)CC1. The first kappa shape index (κ1) is 18.5. The molecule has 27 heavy (non-hydrogen) atoms. The Morgan fingerprint density at radius 3 is 2.30 bits per heavy atom. The van der Waals surface area contributed by atoms with Crippen molar-refractivity contribution < 1.29 is 23.2 Å². The van der Waals surface area contributed by atoms with Crippen molar-refractivity contribution in [1.29, 1.82) is 0 Å². The van der Waals surface area contributed by atoms with Gasteiger partial charge in [-0.3, -0.25) is 14.4 Å². The van der Waals surface area contributed by atoms with Crippen molar-refractivity contribution in [3.8, 4) is 0 Å². The molecule has 1 fully saturated rings. The van der Waals surface area contributed by atoms with E-state index < -0.39 is 17.5 Å². The number of nitrogens with zero attached hydrogens (tertiary/aromatic N) is 2. The third kappa shape index (κ3) is 4.28. The van der Waals surface area contributed by atoms with Crippen LogP contribution in [0.15, 0.2) is 42.5 Å². The monoisotopic (exact) mass is 373 g/mol. The van der Waals surface area contributed by atoms with Crippen LogP contribution in [0.2, 0.25) is 0 Å². The molecule has 0 aromatic heterocycles. The number of carbonyl (C=O) groups is 3. The van der Waals surface area contributed by atoms with E-state index in [2.05, 4.69) is 5.32 Å². The van der Waals surface area contributed by atoms with E-state index in [9.17, 15) is 23.2 Å². The van der Waals surface area contributed by atoms with Crippen molar-refractivity contribution in [2.45, 2.75) is 0 Å².